The molecule has 0 radical (unpaired) electrons. The molecule has 18 heavy (non-hydrogen) atoms. The highest BCUT2D eigenvalue weighted by atomic mass is 79.9. The van der Waals surface area contributed by atoms with Crippen LogP contribution in [0.25, 0.3) is 0 Å². The van der Waals surface area contributed by atoms with E-state index in [0.29, 0.717) is 0 Å². The molecule has 0 bridgehead atoms. The number of hydrogen-bond acceptors (Lipinski definition) is 1. The third-order valence-corrected chi connectivity index (χ3v) is 3.77. The zero-order valence-corrected chi connectivity index (χ0v) is 13.5. The second-order valence-corrected chi connectivity index (χ2v) is 5.86. The number of aryl methyl sites for hydroxylation is 2. The van der Waals surface area contributed by atoms with E-state index in [-0.39, 0.29) is 0 Å². The lowest BCUT2D eigenvalue weighted by molar-refractivity contribution is -0.686. The summed E-state index contributed by atoms with van der Waals surface area (Å²) in [4.78, 5) is 0. The molecule has 0 saturated carbocycles. The Morgan fingerprint density at radius 1 is 1.33 bits per heavy atom. The summed E-state index contributed by atoms with van der Waals surface area (Å²) in [6.07, 6.45) is 2.31. The van der Waals surface area contributed by atoms with E-state index in [2.05, 4.69) is 61.1 Å². The largest absolute Gasteiger partial charge is 0.492 e. The fourth-order valence-corrected chi connectivity index (χ4v) is 2.70. The smallest absolute Gasteiger partial charge is 0.136 e. The molecule has 0 heterocycles. The predicted molar refractivity (Wildman–Crippen MR) is 80.3 cm³/mol. The van der Waals surface area contributed by atoms with Crippen LogP contribution in [-0.4, -0.2) is 19.2 Å². The normalized spacial score (nSPS) is 12.5. The van der Waals surface area contributed by atoms with Crippen molar-refractivity contribution in [2.45, 2.75) is 46.6 Å². The van der Waals surface area contributed by atoms with Crippen molar-refractivity contribution in [1.29, 1.82) is 0 Å². The van der Waals surface area contributed by atoms with Gasteiger partial charge in [-0.25, -0.2) is 0 Å². The van der Waals surface area contributed by atoms with Gasteiger partial charge in [0.05, 0.1) is 23.7 Å². The number of ether oxygens (including phenoxy) is 1. The Morgan fingerprint density at radius 3 is 2.67 bits per heavy atom. The van der Waals surface area contributed by atoms with Gasteiger partial charge in [0.2, 0.25) is 0 Å². The molecule has 0 aliphatic rings. The van der Waals surface area contributed by atoms with Crippen molar-refractivity contribution in [2.75, 3.05) is 13.2 Å². The second kappa shape index (κ2) is 7.80. The van der Waals surface area contributed by atoms with Gasteiger partial charge in [0.25, 0.3) is 0 Å². The van der Waals surface area contributed by atoms with Crippen LogP contribution >= 0.6 is 15.9 Å². The van der Waals surface area contributed by atoms with E-state index in [0.717, 1.165) is 35.8 Å². The molecule has 0 unspecified atom stereocenters. The average molecular weight is 315 g/mol. The van der Waals surface area contributed by atoms with E-state index in [1.165, 1.54) is 17.5 Å². The lowest BCUT2D eigenvalue weighted by atomic mass is 10.1. The molecule has 1 atom stereocenters. The highest BCUT2D eigenvalue weighted by molar-refractivity contribution is 9.10. The van der Waals surface area contributed by atoms with E-state index < -0.39 is 0 Å². The molecule has 0 saturated heterocycles. The molecule has 3 heteroatoms. The van der Waals surface area contributed by atoms with Gasteiger partial charge in [-0.15, -0.1) is 0 Å². The van der Waals surface area contributed by atoms with Crippen molar-refractivity contribution < 1.29 is 10.1 Å². The number of benzene rings is 1. The maximum absolute atomic E-state index is 5.87. The standard InChI is InChI=1S/C15H24BrNO/c1-5-13(4)17-7-6-8-18-15-12(3)9-11(2)10-14(15)16/h9-10,13,17H,5-8H2,1-4H3/p+1/t13-/m1/s1. The molecule has 0 fully saturated rings. The van der Waals surface area contributed by atoms with Crippen LogP contribution in [0.4, 0.5) is 0 Å². The lowest BCUT2D eigenvalue weighted by Gasteiger charge is -2.12. The van der Waals surface area contributed by atoms with Gasteiger partial charge < -0.3 is 10.1 Å². The van der Waals surface area contributed by atoms with Gasteiger partial charge in [-0.05, 0) is 60.3 Å². The molecule has 1 aromatic carbocycles. The highest BCUT2D eigenvalue weighted by Crippen LogP contribution is 2.30. The lowest BCUT2D eigenvalue weighted by Crippen LogP contribution is -2.89. The average Bonchev–Trinajstić information content (AvgIpc) is 2.31. The number of quaternary nitrogens is 1. The van der Waals surface area contributed by atoms with Crippen LogP contribution in [0.3, 0.4) is 0 Å². The van der Waals surface area contributed by atoms with Crippen molar-refractivity contribution in [3.63, 3.8) is 0 Å². The van der Waals surface area contributed by atoms with Crippen molar-refractivity contribution >= 4 is 15.9 Å². The Labute approximate surface area is 119 Å². The van der Waals surface area contributed by atoms with Gasteiger partial charge in [0.15, 0.2) is 0 Å². The zero-order valence-electron chi connectivity index (χ0n) is 11.9. The van der Waals surface area contributed by atoms with E-state index in [4.69, 9.17) is 4.74 Å². The minimum absolute atomic E-state index is 0.720. The first-order chi connectivity index (χ1) is 8.54. The summed E-state index contributed by atoms with van der Waals surface area (Å²) in [5.41, 5.74) is 2.46. The Morgan fingerprint density at radius 2 is 2.06 bits per heavy atom. The SMILES string of the molecule is CC[C@@H](C)[NH2+]CCCOc1c(C)cc(C)cc1Br. The summed E-state index contributed by atoms with van der Waals surface area (Å²) >= 11 is 3.57. The zero-order chi connectivity index (χ0) is 13.5. The summed E-state index contributed by atoms with van der Waals surface area (Å²) in [5, 5.41) is 2.39. The summed E-state index contributed by atoms with van der Waals surface area (Å²) in [7, 11) is 0. The monoisotopic (exact) mass is 314 g/mol. The molecule has 2 nitrogen and oxygen atoms in total. The first-order valence-corrected chi connectivity index (χ1v) is 7.56. The predicted octanol–water partition coefficient (Wildman–Crippen LogP) is 3.20. The highest BCUT2D eigenvalue weighted by Gasteiger charge is 2.06. The summed E-state index contributed by atoms with van der Waals surface area (Å²) < 4.78 is 6.93. The molecular weight excluding hydrogens is 290 g/mol. The molecule has 0 aliphatic carbocycles. The minimum Gasteiger partial charge on any atom is -0.492 e. The van der Waals surface area contributed by atoms with Crippen molar-refractivity contribution in [3.8, 4) is 5.75 Å². The van der Waals surface area contributed by atoms with E-state index in [1.54, 1.807) is 0 Å². The molecule has 0 aromatic heterocycles. The molecule has 0 spiro atoms. The third-order valence-electron chi connectivity index (χ3n) is 3.18. The van der Waals surface area contributed by atoms with Gasteiger partial charge in [-0.2, -0.15) is 0 Å². The van der Waals surface area contributed by atoms with Crippen LogP contribution < -0.4 is 10.1 Å². The van der Waals surface area contributed by atoms with Crippen LogP contribution in [0, 0.1) is 13.8 Å². The van der Waals surface area contributed by atoms with Crippen LogP contribution in [0.15, 0.2) is 16.6 Å². The summed E-state index contributed by atoms with van der Waals surface area (Å²) in [6.45, 7) is 10.6. The van der Waals surface area contributed by atoms with Crippen molar-refractivity contribution in [1.82, 2.24) is 0 Å². The first kappa shape index (κ1) is 15.5. The second-order valence-electron chi connectivity index (χ2n) is 5.00. The Balaban J connectivity index is 2.36. The van der Waals surface area contributed by atoms with Gasteiger partial charge in [-0.3, -0.25) is 0 Å². The van der Waals surface area contributed by atoms with Crippen LogP contribution in [0.1, 0.15) is 37.8 Å². The van der Waals surface area contributed by atoms with E-state index >= 15 is 0 Å². The Hall–Kier alpha value is -0.540. The van der Waals surface area contributed by atoms with Gasteiger partial charge >= 0.3 is 0 Å². The maximum atomic E-state index is 5.87. The third kappa shape index (κ3) is 4.99. The minimum atomic E-state index is 0.720. The number of rotatable bonds is 7. The number of hydrogen-bond donors (Lipinski definition) is 1. The Bertz CT molecular complexity index is 356. The Kier molecular flexibility index (Phi) is 6.72. The van der Waals surface area contributed by atoms with E-state index in [9.17, 15) is 0 Å². The van der Waals surface area contributed by atoms with Crippen LogP contribution in [0.2, 0.25) is 0 Å². The summed E-state index contributed by atoms with van der Waals surface area (Å²) in [6, 6.07) is 4.98. The fourth-order valence-electron chi connectivity index (χ4n) is 1.91. The molecule has 2 N–H and O–H groups in total. The molecule has 102 valence electrons. The maximum Gasteiger partial charge on any atom is 0.136 e. The quantitative estimate of drug-likeness (QED) is 0.768. The number of nitrogens with two attached hydrogens (primary N) is 1. The summed E-state index contributed by atoms with van der Waals surface area (Å²) in [5.74, 6) is 0.990. The topological polar surface area (TPSA) is 25.8 Å². The molecule has 0 amide bonds. The molecule has 0 aliphatic heterocycles. The van der Waals surface area contributed by atoms with Gasteiger partial charge in [-0.1, -0.05) is 13.0 Å². The van der Waals surface area contributed by atoms with Gasteiger partial charge in [0.1, 0.15) is 5.75 Å². The van der Waals surface area contributed by atoms with Crippen molar-refractivity contribution in [2.24, 2.45) is 0 Å². The van der Waals surface area contributed by atoms with E-state index in [1.807, 2.05) is 0 Å². The van der Waals surface area contributed by atoms with Crippen LogP contribution in [0.5, 0.6) is 5.75 Å². The van der Waals surface area contributed by atoms with Crippen LogP contribution in [-0.2, 0) is 0 Å². The number of halogens is 1. The molecule has 1 aromatic rings. The first-order valence-electron chi connectivity index (χ1n) is 6.77. The molecule has 1 rings (SSSR count). The van der Waals surface area contributed by atoms with Gasteiger partial charge in [0, 0.05) is 6.42 Å². The molecular formula is C15H25BrNO+. The fraction of sp³-hybridized carbons (Fsp3) is 0.600. The van der Waals surface area contributed by atoms with Crippen molar-refractivity contribution in [3.05, 3.63) is 27.7 Å².